The third-order valence-corrected chi connectivity index (χ3v) is 6.10. The molecule has 0 aliphatic carbocycles. The zero-order chi connectivity index (χ0) is 21.0. The molecule has 1 fully saturated rings. The molecule has 3 rings (SSSR count). The average molecular weight is 420 g/mol. The number of rotatable bonds is 7. The van der Waals surface area contributed by atoms with E-state index in [9.17, 15) is 13.2 Å². The van der Waals surface area contributed by atoms with Gasteiger partial charge in [-0.3, -0.25) is 9.52 Å². The van der Waals surface area contributed by atoms with Crippen molar-refractivity contribution in [2.24, 2.45) is 0 Å². The van der Waals surface area contributed by atoms with Gasteiger partial charge in [-0.25, -0.2) is 8.42 Å². The highest BCUT2D eigenvalue weighted by Gasteiger charge is 2.22. The number of hydrogen-bond donors (Lipinski definition) is 1. The molecular weight excluding hydrogens is 396 g/mol. The second-order valence-corrected chi connectivity index (χ2v) is 8.20. The van der Waals surface area contributed by atoms with Crippen LogP contribution in [0.5, 0.6) is 17.2 Å². The summed E-state index contributed by atoms with van der Waals surface area (Å²) in [4.78, 5) is 13.8. The summed E-state index contributed by atoms with van der Waals surface area (Å²) in [6.07, 6.45) is 2.34. The fourth-order valence-electron chi connectivity index (χ4n) is 3.24. The minimum atomic E-state index is -3.85. The fraction of sp³-hybridized carbons (Fsp3) is 0.350. The molecule has 0 atom stereocenters. The van der Waals surface area contributed by atoms with Crippen LogP contribution in [0, 0.1) is 0 Å². The molecule has 29 heavy (non-hydrogen) atoms. The normalized spacial score (nSPS) is 14.4. The number of sulfonamides is 1. The Balaban J connectivity index is 1.85. The Morgan fingerprint density at radius 2 is 1.55 bits per heavy atom. The van der Waals surface area contributed by atoms with Crippen molar-refractivity contribution in [1.82, 2.24) is 0 Å². The number of anilines is 2. The van der Waals surface area contributed by atoms with Crippen molar-refractivity contribution in [3.63, 3.8) is 0 Å². The minimum absolute atomic E-state index is 0.0578. The Morgan fingerprint density at radius 3 is 2.07 bits per heavy atom. The lowest BCUT2D eigenvalue weighted by Crippen LogP contribution is -2.35. The molecule has 8 nitrogen and oxygen atoms in total. The molecule has 1 aliphatic heterocycles. The van der Waals surface area contributed by atoms with E-state index in [1.54, 1.807) is 17.0 Å². The van der Waals surface area contributed by atoms with Gasteiger partial charge in [0.05, 0.1) is 31.9 Å². The van der Waals surface area contributed by atoms with E-state index in [-0.39, 0.29) is 16.5 Å². The third-order valence-electron chi connectivity index (χ3n) is 4.70. The Morgan fingerprint density at radius 1 is 0.931 bits per heavy atom. The van der Waals surface area contributed by atoms with Crippen LogP contribution in [0.1, 0.15) is 19.3 Å². The number of methoxy groups -OCH3 is 3. The molecule has 0 bridgehead atoms. The van der Waals surface area contributed by atoms with Gasteiger partial charge in [0.15, 0.2) is 11.5 Å². The lowest BCUT2D eigenvalue weighted by molar-refractivity contribution is -0.119. The third kappa shape index (κ3) is 4.40. The maximum atomic E-state index is 12.8. The van der Waals surface area contributed by atoms with Gasteiger partial charge >= 0.3 is 0 Å². The highest BCUT2D eigenvalue weighted by atomic mass is 32.2. The lowest BCUT2D eigenvalue weighted by Gasteiger charge is -2.26. The van der Waals surface area contributed by atoms with Crippen molar-refractivity contribution >= 4 is 27.3 Å². The van der Waals surface area contributed by atoms with Gasteiger partial charge in [-0.2, -0.15) is 0 Å². The largest absolute Gasteiger partial charge is 0.493 e. The first-order chi connectivity index (χ1) is 13.9. The van der Waals surface area contributed by atoms with Gasteiger partial charge in [-0.15, -0.1) is 0 Å². The van der Waals surface area contributed by atoms with Crippen LogP contribution < -0.4 is 23.8 Å². The smallest absolute Gasteiger partial charge is 0.261 e. The van der Waals surface area contributed by atoms with Crippen molar-refractivity contribution in [1.29, 1.82) is 0 Å². The molecule has 0 radical (unpaired) electrons. The van der Waals surface area contributed by atoms with E-state index in [1.165, 1.54) is 45.6 Å². The van der Waals surface area contributed by atoms with Gasteiger partial charge in [-0.05, 0) is 37.1 Å². The predicted molar refractivity (Wildman–Crippen MR) is 110 cm³/mol. The standard InChI is InChI=1S/C20H24N2O6S/c1-26-17-12-14(13-18(27-2)20(17)28-3)21-29(24,25)16-9-7-15(8-10-16)22-11-5-4-6-19(22)23/h7-10,12-13,21H,4-6,11H2,1-3H3. The number of carbonyl (C=O) groups excluding carboxylic acids is 1. The quantitative estimate of drug-likeness (QED) is 0.740. The molecular formula is C20H24N2O6S. The summed E-state index contributed by atoms with van der Waals surface area (Å²) in [5.74, 6) is 1.10. The highest BCUT2D eigenvalue weighted by Crippen LogP contribution is 2.40. The van der Waals surface area contributed by atoms with Crippen LogP contribution in [0.15, 0.2) is 41.3 Å². The topological polar surface area (TPSA) is 94.2 Å². The van der Waals surface area contributed by atoms with Gasteiger partial charge in [0, 0.05) is 30.8 Å². The molecule has 2 aromatic carbocycles. The molecule has 1 N–H and O–H groups in total. The molecule has 0 spiro atoms. The Labute approximate surface area is 170 Å². The zero-order valence-corrected chi connectivity index (χ0v) is 17.4. The number of hydrogen-bond acceptors (Lipinski definition) is 6. The lowest BCUT2D eigenvalue weighted by atomic mass is 10.1. The SMILES string of the molecule is COc1cc(NS(=O)(=O)c2ccc(N3CCCCC3=O)cc2)cc(OC)c1OC. The van der Waals surface area contributed by atoms with Crippen LogP contribution in [-0.4, -0.2) is 42.2 Å². The van der Waals surface area contributed by atoms with Crippen LogP contribution in [0.4, 0.5) is 11.4 Å². The first-order valence-corrected chi connectivity index (χ1v) is 10.6. The van der Waals surface area contributed by atoms with Crippen molar-refractivity contribution < 1.29 is 27.4 Å². The van der Waals surface area contributed by atoms with Crippen LogP contribution in [-0.2, 0) is 14.8 Å². The maximum Gasteiger partial charge on any atom is 0.261 e. The molecule has 0 saturated carbocycles. The van der Waals surface area contributed by atoms with E-state index < -0.39 is 10.0 Å². The van der Waals surface area contributed by atoms with Crippen LogP contribution in [0.2, 0.25) is 0 Å². The van der Waals surface area contributed by atoms with E-state index in [2.05, 4.69) is 4.72 Å². The molecule has 9 heteroatoms. The number of nitrogens with one attached hydrogen (secondary N) is 1. The van der Waals surface area contributed by atoms with E-state index in [0.717, 1.165) is 12.8 Å². The summed E-state index contributed by atoms with van der Waals surface area (Å²) in [5, 5.41) is 0. The number of nitrogens with zero attached hydrogens (tertiary/aromatic N) is 1. The molecule has 0 unspecified atom stereocenters. The Hall–Kier alpha value is -2.94. The van der Waals surface area contributed by atoms with Crippen LogP contribution in [0.25, 0.3) is 0 Å². The van der Waals surface area contributed by atoms with E-state index in [1.807, 2.05) is 0 Å². The molecule has 1 saturated heterocycles. The van der Waals surface area contributed by atoms with Gasteiger partial charge in [-0.1, -0.05) is 0 Å². The monoisotopic (exact) mass is 420 g/mol. The average Bonchev–Trinajstić information content (AvgIpc) is 2.73. The first-order valence-electron chi connectivity index (χ1n) is 9.13. The van der Waals surface area contributed by atoms with Crippen molar-refractivity contribution in [3.8, 4) is 17.2 Å². The predicted octanol–water partition coefficient (Wildman–Crippen LogP) is 3.03. The van der Waals surface area contributed by atoms with Crippen LogP contribution >= 0.6 is 0 Å². The summed E-state index contributed by atoms with van der Waals surface area (Å²) in [5.41, 5.74) is 0.969. The van der Waals surface area contributed by atoms with Gasteiger partial charge in [0.25, 0.3) is 10.0 Å². The molecule has 2 aromatic rings. The summed E-state index contributed by atoms with van der Waals surface area (Å²) >= 11 is 0. The van der Waals surface area contributed by atoms with E-state index >= 15 is 0 Å². The van der Waals surface area contributed by atoms with Gasteiger partial charge in [0.2, 0.25) is 11.7 Å². The van der Waals surface area contributed by atoms with Gasteiger partial charge < -0.3 is 19.1 Å². The van der Waals surface area contributed by atoms with Crippen LogP contribution in [0.3, 0.4) is 0 Å². The number of benzene rings is 2. The first kappa shape index (κ1) is 20.8. The number of amides is 1. The minimum Gasteiger partial charge on any atom is -0.493 e. The molecule has 1 heterocycles. The second-order valence-electron chi connectivity index (χ2n) is 6.52. The Bertz CT molecular complexity index is 964. The summed E-state index contributed by atoms with van der Waals surface area (Å²) in [6.45, 7) is 0.647. The summed E-state index contributed by atoms with van der Waals surface area (Å²) in [6, 6.07) is 9.29. The van der Waals surface area contributed by atoms with E-state index in [0.29, 0.717) is 35.9 Å². The summed E-state index contributed by atoms with van der Waals surface area (Å²) < 4.78 is 43.9. The van der Waals surface area contributed by atoms with Crippen molar-refractivity contribution in [2.45, 2.75) is 24.2 Å². The number of carbonyl (C=O) groups is 1. The molecule has 1 aliphatic rings. The maximum absolute atomic E-state index is 12.8. The zero-order valence-electron chi connectivity index (χ0n) is 16.6. The number of piperidine rings is 1. The molecule has 0 aromatic heterocycles. The molecule has 156 valence electrons. The van der Waals surface area contributed by atoms with Gasteiger partial charge in [0.1, 0.15) is 0 Å². The van der Waals surface area contributed by atoms with E-state index in [4.69, 9.17) is 14.2 Å². The van der Waals surface area contributed by atoms with Crippen molar-refractivity contribution in [2.75, 3.05) is 37.5 Å². The highest BCUT2D eigenvalue weighted by molar-refractivity contribution is 7.92. The molecule has 1 amide bonds. The second kappa shape index (κ2) is 8.60. The van der Waals surface area contributed by atoms with Crippen molar-refractivity contribution in [3.05, 3.63) is 36.4 Å². The number of ether oxygens (including phenoxy) is 3. The Kier molecular flexibility index (Phi) is 6.17. The fourth-order valence-corrected chi connectivity index (χ4v) is 4.28. The summed E-state index contributed by atoms with van der Waals surface area (Å²) in [7, 11) is 0.531.